The van der Waals surface area contributed by atoms with Gasteiger partial charge in [0.05, 0.1) is 4.91 Å². The molecular weight excluding hydrogens is 536 g/mol. The Balaban J connectivity index is 1.34. The number of thiocarbonyl (C=S) groups is 1. The van der Waals surface area contributed by atoms with Crippen LogP contribution >= 0.6 is 24.0 Å². The second-order valence-electron chi connectivity index (χ2n) is 8.68. The van der Waals surface area contributed by atoms with Crippen molar-refractivity contribution in [2.45, 2.75) is 33.0 Å². The van der Waals surface area contributed by atoms with E-state index in [1.54, 1.807) is 61.5 Å². The Bertz CT molecular complexity index is 1400. The van der Waals surface area contributed by atoms with E-state index in [0.717, 1.165) is 22.3 Å². The van der Waals surface area contributed by atoms with Gasteiger partial charge in [0.15, 0.2) is 10.4 Å². The normalized spacial score (nSPS) is 14.8. The molecule has 1 heterocycles. The van der Waals surface area contributed by atoms with Crippen LogP contribution < -0.4 is 14.9 Å². The number of aliphatic carboxylic acids is 1. The van der Waals surface area contributed by atoms with E-state index in [1.165, 1.54) is 5.56 Å². The van der Waals surface area contributed by atoms with Gasteiger partial charge in [-0.05, 0) is 79.2 Å². The fraction of sp³-hybridized carbons (Fsp3) is 0.172. The smallest absolute Gasteiger partial charge is 0.344 e. The highest BCUT2D eigenvalue weighted by molar-refractivity contribution is 8.26. The first-order chi connectivity index (χ1) is 18.7. The first-order valence-electron chi connectivity index (χ1n) is 12.1. The second kappa shape index (κ2) is 12.6. The summed E-state index contributed by atoms with van der Waals surface area (Å²) in [5, 5.41) is 10.2. The Morgan fingerprint density at radius 1 is 1.03 bits per heavy atom. The molecule has 2 N–H and O–H groups in total. The molecule has 8 nitrogen and oxygen atoms in total. The average Bonchev–Trinajstić information content (AvgIpc) is 3.19. The van der Waals surface area contributed by atoms with E-state index < -0.39 is 23.9 Å². The number of carboxylic acids is 1. The Morgan fingerprint density at radius 2 is 1.67 bits per heavy atom. The number of hydrazine groups is 1. The van der Waals surface area contributed by atoms with Crippen LogP contribution in [0.15, 0.2) is 77.7 Å². The summed E-state index contributed by atoms with van der Waals surface area (Å²) in [6.07, 6.45) is 1.04. The summed E-state index contributed by atoms with van der Waals surface area (Å²) in [4.78, 5) is 37.2. The van der Waals surface area contributed by atoms with Gasteiger partial charge in [0.2, 0.25) is 0 Å². The van der Waals surface area contributed by atoms with E-state index >= 15 is 0 Å². The largest absolute Gasteiger partial charge is 0.489 e. The van der Waals surface area contributed by atoms with Crippen molar-refractivity contribution in [3.05, 3.63) is 100.0 Å². The maximum Gasteiger partial charge on any atom is 0.344 e. The van der Waals surface area contributed by atoms with Gasteiger partial charge in [0.25, 0.3) is 11.8 Å². The number of nitrogens with zero attached hydrogens (tertiary/aromatic N) is 1. The molecule has 1 atom stereocenters. The number of thioether (sulfide) groups is 1. The van der Waals surface area contributed by atoms with Gasteiger partial charge in [-0.3, -0.25) is 15.0 Å². The molecule has 0 saturated carbocycles. The number of amides is 2. The summed E-state index contributed by atoms with van der Waals surface area (Å²) >= 11 is 6.38. The minimum Gasteiger partial charge on any atom is -0.489 e. The van der Waals surface area contributed by atoms with E-state index in [2.05, 4.69) is 5.43 Å². The maximum atomic E-state index is 12.9. The second-order valence-corrected chi connectivity index (χ2v) is 10.4. The number of carbonyl (C=O) groups is 3. The number of carboxylic acid groups (broad SMARTS) is 1. The van der Waals surface area contributed by atoms with Crippen molar-refractivity contribution in [3.8, 4) is 11.5 Å². The molecule has 1 aliphatic heterocycles. The Morgan fingerprint density at radius 3 is 2.28 bits per heavy atom. The molecule has 2 amide bonds. The fourth-order valence-corrected chi connectivity index (χ4v) is 4.73. The van der Waals surface area contributed by atoms with Crippen LogP contribution in [0.2, 0.25) is 0 Å². The molecule has 4 rings (SSSR count). The van der Waals surface area contributed by atoms with Crippen molar-refractivity contribution < 1.29 is 29.0 Å². The van der Waals surface area contributed by atoms with Crippen LogP contribution in [0, 0.1) is 6.92 Å². The molecule has 0 aromatic heterocycles. The van der Waals surface area contributed by atoms with Crippen molar-refractivity contribution in [3.63, 3.8) is 0 Å². The molecule has 0 spiro atoms. The number of benzene rings is 3. The van der Waals surface area contributed by atoms with E-state index in [0.29, 0.717) is 40.6 Å². The highest BCUT2D eigenvalue weighted by Gasteiger charge is 2.33. The lowest BCUT2D eigenvalue weighted by Crippen LogP contribution is -2.44. The van der Waals surface area contributed by atoms with Gasteiger partial charge in [-0.1, -0.05) is 60.6 Å². The van der Waals surface area contributed by atoms with Crippen LogP contribution in [0.1, 0.15) is 40.4 Å². The van der Waals surface area contributed by atoms with Crippen LogP contribution in [0.4, 0.5) is 0 Å². The minimum atomic E-state index is -1.03. The standard InChI is InChI=1S/C29H26N2O6S2/c1-3-24(28(34)35)37-23-12-8-19(9-13-23)16-25-27(33)31(29(38)39-25)30-26(32)21-10-14-22(15-11-21)36-17-20-6-4-18(2)5-7-20/h4-16,24H,3,17H2,1-2H3,(H,30,32)(H,34,35)/b25-16+. The van der Waals surface area contributed by atoms with Gasteiger partial charge in [0, 0.05) is 5.56 Å². The molecule has 0 aliphatic carbocycles. The first-order valence-corrected chi connectivity index (χ1v) is 13.3. The van der Waals surface area contributed by atoms with E-state index in [9.17, 15) is 14.4 Å². The number of hydrogen-bond donors (Lipinski definition) is 2. The third-order valence-electron chi connectivity index (χ3n) is 5.75. The maximum absolute atomic E-state index is 12.9. The fourth-order valence-electron chi connectivity index (χ4n) is 3.55. The summed E-state index contributed by atoms with van der Waals surface area (Å²) in [6, 6.07) is 21.3. The molecule has 10 heteroatoms. The molecule has 1 fully saturated rings. The number of rotatable bonds is 10. The molecule has 1 unspecified atom stereocenters. The number of hydrogen-bond acceptors (Lipinski definition) is 7. The molecule has 3 aromatic rings. The molecule has 0 radical (unpaired) electrons. The van der Waals surface area contributed by atoms with Gasteiger partial charge >= 0.3 is 5.97 Å². The van der Waals surface area contributed by atoms with Gasteiger partial charge in [-0.15, -0.1) is 0 Å². The zero-order valence-corrected chi connectivity index (χ0v) is 22.9. The SMILES string of the molecule is CCC(Oc1ccc(/C=C2/SC(=S)N(NC(=O)c3ccc(OCc4ccc(C)cc4)cc3)C2=O)cc1)C(=O)O. The van der Waals surface area contributed by atoms with E-state index in [4.69, 9.17) is 26.8 Å². The number of ether oxygens (including phenoxy) is 2. The highest BCUT2D eigenvalue weighted by Crippen LogP contribution is 2.32. The van der Waals surface area contributed by atoms with Gasteiger partial charge in [-0.2, -0.15) is 5.01 Å². The quantitative estimate of drug-likeness (QED) is 0.251. The molecular formula is C29H26N2O6S2. The van der Waals surface area contributed by atoms with Crippen LogP contribution in [-0.2, 0) is 16.2 Å². The summed E-state index contributed by atoms with van der Waals surface area (Å²) in [5.41, 5.74) is 5.82. The Hall–Kier alpha value is -4.15. The molecule has 0 bridgehead atoms. The van der Waals surface area contributed by atoms with Crippen molar-refractivity contribution in [2.75, 3.05) is 0 Å². The number of aryl methyl sites for hydroxylation is 1. The zero-order valence-electron chi connectivity index (χ0n) is 21.2. The lowest BCUT2D eigenvalue weighted by atomic mass is 10.2. The topological polar surface area (TPSA) is 105 Å². The van der Waals surface area contributed by atoms with Crippen molar-refractivity contribution in [2.24, 2.45) is 0 Å². The average molecular weight is 563 g/mol. The van der Waals surface area contributed by atoms with Crippen LogP contribution in [0.3, 0.4) is 0 Å². The minimum absolute atomic E-state index is 0.199. The van der Waals surface area contributed by atoms with E-state index in [-0.39, 0.29) is 4.32 Å². The molecule has 1 saturated heterocycles. The number of carbonyl (C=O) groups excluding carboxylic acids is 2. The zero-order chi connectivity index (χ0) is 27.9. The van der Waals surface area contributed by atoms with Crippen LogP contribution in [-0.4, -0.2) is 38.3 Å². The third kappa shape index (κ3) is 7.24. The van der Waals surface area contributed by atoms with Crippen molar-refractivity contribution >= 4 is 52.2 Å². The molecule has 39 heavy (non-hydrogen) atoms. The first kappa shape index (κ1) is 27.9. The Kier molecular flexibility index (Phi) is 9.00. The predicted molar refractivity (Wildman–Crippen MR) is 153 cm³/mol. The van der Waals surface area contributed by atoms with Crippen molar-refractivity contribution in [1.82, 2.24) is 10.4 Å². The lowest BCUT2D eigenvalue weighted by molar-refractivity contribution is -0.145. The van der Waals surface area contributed by atoms with Gasteiger partial charge < -0.3 is 14.6 Å². The van der Waals surface area contributed by atoms with Gasteiger partial charge in [-0.25, -0.2) is 4.79 Å². The summed E-state index contributed by atoms with van der Waals surface area (Å²) < 4.78 is 11.4. The van der Waals surface area contributed by atoms with Crippen molar-refractivity contribution in [1.29, 1.82) is 0 Å². The molecule has 200 valence electrons. The lowest BCUT2D eigenvalue weighted by Gasteiger charge is -2.16. The third-order valence-corrected chi connectivity index (χ3v) is 7.05. The summed E-state index contributed by atoms with van der Waals surface area (Å²) in [7, 11) is 0. The molecule has 3 aromatic carbocycles. The number of nitrogens with one attached hydrogen (secondary N) is 1. The summed E-state index contributed by atoms with van der Waals surface area (Å²) in [5.74, 6) is -0.940. The Labute approximate surface area is 235 Å². The van der Waals surface area contributed by atoms with E-state index in [1.807, 2.05) is 31.2 Å². The molecule has 1 aliphatic rings. The predicted octanol–water partition coefficient (Wildman–Crippen LogP) is 5.36. The monoisotopic (exact) mass is 562 g/mol. The summed E-state index contributed by atoms with van der Waals surface area (Å²) in [6.45, 7) is 4.16. The van der Waals surface area contributed by atoms with Gasteiger partial charge in [0.1, 0.15) is 18.1 Å². The van der Waals surface area contributed by atoms with Crippen LogP contribution in [0.5, 0.6) is 11.5 Å². The highest BCUT2D eigenvalue weighted by atomic mass is 32.2. The van der Waals surface area contributed by atoms with Crippen LogP contribution in [0.25, 0.3) is 6.08 Å².